The topological polar surface area (TPSA) is 60.9 Å². The van der Waals surface area contributed by atoms with Crippen LogP contribution in [-0.4, -0.2) is 56.8 Å². The molecule has 0 spiro atoms. The third kappa shape index (κ3) is 4.40. The van der Waals surface area contributed by atoms with E-state index in [0.717, 1.165) is 55.8 Å². The van der Waals surface area contributed by atoms with Gasteiger partial charge in [-0.3, -0.25) is 4.79 Å². The molecule has 0 atom stereocenters. The lowest BCUT2D eigenvalue weighted by atomic mass is 10.1. The lowest BCUT2D eigenvalue weighted by Crippen LogP contribution is -2.36. The van der Waals surface area contributed by atoms with Crippen LogP contribution in [-0.2, 0) is 16.6 Å². The van der Waals surface area contributed by atoms with Crippen molar-refractivity contribution in [1.82, 2.24) is 9.21 Å². The first-order valence-corrected chi connectivity index (χ1v) is 13.0. The first-order valence-electron chi connectivity index (χ1n) is 10.6. The number of carbonyl (C=O) groups is 1. The number of sulfonamides is 1. The summed E-state index contributed by atoms with van der Waals surface area (Å²) in [5.41, 5.74) is 1.32. The van der Waals surface area contributed by atoms with Gasteiger partial charge in [0.15, 0.2) is 0 Å². The molecule has 1 amide bonds. The molecule has 0 saturated carbocycles. The highest BCUT2D eigenvalue weighted by atomic mass is 32.2. The summed E-state index contributed by atoms with van der Waals surface area (Å²) in [6.45, 7) is 3.41. The van der Waals surface area contributed by atoms with Crippen molar-refractivity contribution in [3.8, 4) is 0 Å². The Bertz CT molecular complexity index is 977. The van der Waals surface area contributed by atoms with Gasteiger partial charge in [0.1, 0.15) is 0 Å². The average Bonchev–Trinajstić information content (AvgIpc) is 3.48. The zero-order valence-corrected chi connectivity index (χ0v) is 19.1. The molecule has 2 saturated heterocycles. The van der Waals surface area contributed by atoms with Gasteiger partial charge in [0.05, 0.1) is 17.0 Å². The molecule has 3 heterocycles. The lowest BCUT2D eigenvalue weighted by molar-refractivity contribution is 0.0787. The number of benzene rings is 1. The van der Waals surface area contributed by atoms with Gasteiger partial charge in [-0.25, -0.2) is 8.42 Å². The molecule has 162 valence electrons. The van der Waals surface area contributed by atoms with E-state index in [0.29, 0.717) is 25.2 Å². The van der Waals surface area contributed by atoms with Gasteiger partial charge in [-0.2, -0.15) is 4.31 Å². The molecule has 4 rings (SSSR count). The van der Waals surface area contributed by atoms with E-state index in [9.17, 15) is 13.2 Å². The summed E-state index contributed by atoms with van der Waals surface area (Å²) >= 11 is 1.61. The normalized spacial score (nSPS) is 18.0. The first-order chi connectivity index (χ1) is 14.5. The van der Waals surface area contributed by atoms with E-state index in [1.54, 1.807) is 39.7 Å². The fraction of sp³-hybridized carbons (Fsp3) is 0.500. The van der Waals surface area contributed by atoms with Gasteiger partial charge in [0, 0.05) is 43.8 Å². The van der Waals surface area contributed by atoms with Crippen LogP contribution in [0.4, 0.5) is 5.69 Å². The van der Waals surface area contributed by atoms with Crippen LogP contribution in [0.5, 0.6) is 0 Å². The number of hydrogen-bond donors (Lipinski definition) is 0. The van der Waals surface area contributed by atoms with Crippen molar-refractivity contribution in [2.24, 2.45) is 0 Å². The summed E-state index contributed by atoms with van der Waals surface area (Å²) in [6, 6.07) is 9.08. The minimum atomic E-state index is -3.59. The number of carbonyl (C=O) groups excluding carboxylic acids is 1. The molecule has 1 aromatic carbocycles. The van der Waals surface area contributed by atoms with Crippen molar-refractivity contribution in [2.75, 3.05) is 38.1 Å². The standard InChI is InChI=1S/C22H29N3O3S2/c1-23(17-18-8-7-15-29-18)22(26)20-16-19(9-10-21(20)24-11-5-6-12-24)30(27,28)25-13-3-2-4-14-25/h7-10,15-16H,2-6,11-14,17H2,1H3. The fourth-order valence-corrected chi connectivity index (χ4v) is 6.55. The van der Waals surface area contributed by atoms with E-state index in [2.05, 4.69) is 4.90 Å². The smallest absolute Gasteiger partial charge is 0.256 e. The van der Waals surface area contributed by atoms with Crippen molar-refractivity contribution < 1.29 is 13.2 Å². The second kappa shape index (κ2) is 9.08. The van der Waals surface area contributed by atoms with E-state index >= 15 is 0 Å². The first kappa shape index (κ1) is 21.3. The van der Waals surface area contributed by atoms with Gasteiger partial charge >= 0.3 is 0 Å². The summed E-state index contributed by atoms with van der Waals surface area (Å²) in [7, 11) is -1.81. The number of rotatable bonds is 6. The van der Waals surface area contributed by atoms with E-state index < -0.39 is 10.0 Å². The van der Waals surface area contributed by atoms with Gasteiger partial charge in [0.25, 0.3) is 5.91 Å². The SMILES string of the molecule is CN(Cc1cccs1)C(=O)c1cc(S(=O)(=O)N2CCCCC2)ccc1N1CCCC1. The molecule has 0 aliphatic carbocycles. The number of amides is 1. The summed E-state index contributed by atoms with van der Waals surface area (Å²) in [4.78, 5) is 18.6. The van der Waals surface area contributed by atoms with Crippen molar-refractivity contribution in [3.05, 3.63) is 46.2 Å². The third-order valence-corrected chi connectivity index (χ3v) is 8.67. The van der Waals surface area contributed by atoms with Crippen LogP contribution < -0.4 is 4.90 Å². The largest absolute Gasteiger partial charge is 0.371 e. The minimum Gasteiger partial charge on any atom is -0.371 e. The second-order valence-electron chi connectivity index (χ2n) is 8.08. The Morgan fingerprint density at radius 2 is 1.73 bits per heavy atom. The van der Waals surface area contributed by atoms with E-state index in [1.165, 1.54) is 0 Å². The number of hydrogen-bond acceptors (Lipinski definition) is 5. The number of anilines is 1. The number of piperidine rings is 1. The molecule has 0 unspecified atom stereocenters. The van der Waals surface area contributed by atoms with E-state index in [4.69, 9.17) is 0 Å². The molecular weight excluding hydrogens is 418 g/mol. The highest BCUT2D eigenvalue weighted by molar-refractivity contribution is 7.89. The highest BCUT2D eigenvalue weighted by Crippen LogP contribution is 2.30. The molecule has 0 bridgehead atoms. The van der Waals surface area contributed by atoms with Crippen molar-refractivity contribution in [2.45, 2.75) is 43.5 Å². The molecule has 2 aromatic rings. The Labute approximate surface area is 183 Å². The lowest BCUT2D eigenvalue weighted by Gasteiger charge is -2.28. The van der Waals surface area contributed by atoms with Gasteiger partial charge in [-0.15, -0.1) is 11.3 Å². The molecule has 30 heavy (non-hydrogen) atoms. The maximum atomic E-state index is 13.4. The molecule has 0 N–H and O–H groups in total. The molecular formula is C22H29N3O3S2. The van der Waals surface area contributed by atoms with E-state index in [-0.39, 0.29) is 10.8 Å². The van der Waals surface area contributed by atoms with Gasteiger partial charge in [-0.05, 0) is 55.3 Å². The Balaban J connectivity index is 1.68. The second-order valence-corrected chi connectivity index (χ2v) is 11.0. The predicted octanol–water partition coefficient (Wildman–Crippen LogP) is 3.80. The Morgan fingerprint density at radius 1 is 1.03 bits per heavy atom. The van der Waals surface area contributed by atoms with Crippen molar-refractivity contribution >= 4 is 33.0 Å². The molecule has 6 nitrogen and oxygen atoms in total. The Kier molecular flexibility index (Phi) is 6.46. The van der Waals surface area contributed by atoms with Crippen LogP contribution in [0.15, 0.2) is 40.6 Å². The van der Waals surface area contributed by atoms with Gasteiger partial charge in [-0.1, -0.05) is 12.5 Å². The monoisotopic (exact) mass is 447 g/mol. The quantitative estimate of drug-likeness (QED) is 0.676. The highest BCUT2D eigenvalue weighted by Gasteiger charge is 2.29. The molecule has 1 aromatic heterocycles. The fourth-order valence-electron chi connectivity index (χ4n) is 4.25. The summed E-state index contributed by atoms with van der Waals surface area (Å²) in [5, 5.41) is 2.00. The maximum absolute atomic E-state index is 13.4. The Morgan fingerprint density at radius 3 is 2.40 bits per heavy atom. The molecule has 2 aliphatic heterocycles. The minimum absolute atomic E-state index is 0.138. The van der Waals surface area contributed by atoms with Crippen LogP contribution in [0.2, 0.25) is 0 Å². The predicted molar refractivity (Wildman–Crippen MR) is 121 cm³/mol. The third-order valence-electron chi connectivity index (χ3n) is 5.92. The van der Waals surface area contributed by atoms with Crippen LogP contribution in [0, 0.1) is 0 Å². The summed E-state index contributed by atoms with van der Waals surface area (Å²) in [5.74, 6) is -0.138. The number of thiophene rings is 1. The summed E-state index contributed by atoms with van der Waals surface area (Å²) < 4.78 is 28.0. The molecule has 0 radical (unpaired) electrons. The van der Waals surface area contributed by atoms with Crippen molar-refractivity contribution in [3.63, 3.8) is 0 Å². The van der Waals surface area contributed by atoms with Crippen LogP contribution in [0.3, 0.4) is 0 Å². The van der Waals surface area contributed by atoms with E-state index in [1.807, 2.05) is 23.6 Å². The maximum Gasteiger partial charge on any atom is 0.256 e. The number of nitrogens with zero attached hydrogens (tertiary/aromatic N) is 3. The van der Waals surface area contributed by atoms with Crippen molar-refractivity contribution in [1.29, 1.82) is 0 Å². The zero-order valence-electron chi connectivity index (χ0n) is 17.4. The molecule has 8 heteroatoms. The zero-order chi connectivity index (χ0) is 21.1. The van der Waals surface area contributed by atoms with Crippen LogP contribution in [0.1, 0.15) is 47.3 Å². The Hall–Kier alpha value is -1.90. The average molecular weight is 448 g/mol. The van der Waals surface area contributed by atoms with Gasteiger partial charge < -0.3 is 9.80 Å². The molecule has 2 fully saturated rings. The summed E-state index contributed by atoms with van der Waals surface area (Å²) in [6.07, 6.45) is 5.02. The molecule has 2 aliphatic rings. The van der Waals surface area contributed by atoms with Gasteiger partial charge in [0.2, 0.25) is 10.0 Å². The van der Waals surface area contributed by atoms with Crippen LogP contribution in [0.25, 0.3) is 0 Å². The van der Waals surface area contributed by atoms with Crippen LogP contribution >= 0.6 is 11.3 Å².